The minimum absolute atomic E-state index is 0.103. The Bertz CT molecular complexity index is 5160. The number of benzene rings is 11. The molecule has 0 aliphatic rings. The topological polar surface area (TPSA) is 63.4 Å². The van der Waals surface area contributed by atoms with Gasteiger partial charge in [0.1, 0.15) is 22.3 Å². The summed E-state index contributed by atoms with van der Waals surface area (Å²) in [5, 5.41) is 11.8. The van der Waals surface area contributed by atoms with Crippen LogP contribution in [0.15, 0.2) is 206 Å². The molecule has 15 aromatic rings. The normalized spacial score (nSPS) is 12.5. The van der Waals surface area contributed by atoms with Crippen LogP contribution in [0.3, 0.4) is 0 Å². The van der Waals surface area contributed by atoms with Gasteiger partial charge >= 0.3 is 0 Å². The lowest BCUT2D eigenvalue weighted by Crippen LogP contribution is -2.11. The second-order valence-electron chi connectivity index (χ2n) is 23.7. The predicted octanol–water partition coefficient (Wildman–Crippen LogP) is 22.3. The number of nitrogens with zero attached hydrogens (tertiary/aromatic N) is 3. The molecule has 4 heterocycles. The molecule has 80 heavy (non-hydrogen) atoms. The van der Waals surface area contributed by atoms with E-state index in [2.05, 4.69) is 252 Å². The molecule has 0 bridgehead atoms. The van der Waals surface area contributed by atoms with Crippen LogP contribution in [0.2, 0.25) is 0 Å². The molecular weight excluding hydrogens is 983 g/mol. The molecule has 0 aliphatic heterocycles. The van der Waals surface area contributed by atoms with Gasteiger partial charge in [-0.2, -0.15) is 0 Å². The molecule has 0 N–H and O–H groups in total. The molecule has 0 saturated heterocycles. The van der Waals surface area contributed by atoms with E-state index in [1.807, 2.05) is 6.07 Å². The third-order valence-corrected chi connectivity index (χ3v) is 16.5. The highest BCUT2D eigenvalue weighted by molar-refractivity contribution is 6.26. The maximum Gasteiger partial charge on any atom is 0.199 e. The monoisotopic (exact) mass is 1040 g/mol. The molecule has 0 saturated carbocycles. The van der Waals surface area contributed by atoms with Crippen molar-refractivity contribution in [1.82, 2.24) is 0 Å². The first-order valence-corrected chi connectivity index (χ1v) is 27.4. The van der Waals surface area contributed by atoms with Crippen LogP contribution >= 0.6 is 0 Å². The van der Waals surface area contributed by atoms with E-state index in [-0.39, 0.29) is 10.8 Å². The maximum absolute atomic E-state index is 8.53. The minimum Gasteiger partial charge on any atom is -0.454 e. The second kappa shape index (κ2) is 17.1. The first-order chi connectivity index (χ1) is 38.7. The summed E-state index contributed by atoms with van der Waals surface area (Å²) in [4.78, 5) is 8.76. The summed E-state index contributed by atoms with van der Waals surface area (Å²) in [6, 6.07) is 66.6. The van der Waals surface area contributed by atoms with E-state index in [1.54, 1.807) is 0 Å². The number of anilines is 6. The van der Waals surface area contributed by atoms with Crippen molar-refractivity contribution in [2.45, 2.75) is 66.2 Å². The Hall–Kier alpha value is -9.77. The zero-order valence-corrected chi connectivity index (χ0v) is 45.9. The number of para-hydroxylation sites is 6. The lowest BCUT2D eigenvalue weighted by atomic mass is 9.86. The van der Waals surface area contributed by atoms with Crippen molar-refractivity contribution in [1.29, 1.82) is 0 Å². The van der Waals surface area contributed by atoms with Crippen LogP contribution in [-0.4, -0.2) is 0 Å². The first kappa shape index (κ1) is 47.4. The lowest BCUT2D eigenvalue weighted by molar-refractivity contribution is 0.572. The van der Waals surface area contributed by atoms with Gasteiger partial charge in [-0.3, -0.25) is 0 Å². The van der Waals surface area contributed by atoms with Gasteiger partial charge in [0.15, 0.2) is 28.0 Å². The molecule has 0 radical (unpaired) electrons. The van der Waals surface area contributed by atoms with Crippen molar-refractivity contribution >= 4 is 149 Å². The molecule has 15 rings (SSSR count). The Labute approximate surface area is 462 Å². The molecule has 7 heteroatoms. The second-order valence-corrected chi connectivity index (χ2v) is 23.7. The number of furan rings is 4. The Morgan fingerprint density at radius 2 is 0.787 bits per heavy atom. The Balaban J connectivity index is 0.875. The summed E-state index contributed by atoms with van der Waals surface area (Å²) in [5.74, 6) is 0. The van der Waals surface area contributed by atoms with Gasteiger partial charge in [-0.15, -0.1) is 0 Å². The SMILES string of the molecule is [C-]#[N+]c1cc2c3cc4ccc(N(c5ccccc5C)c5cccc6c5oc5c(C(C)(C)C)cccc56)cc4cc3oc2c2oc3cc4cc(N(c5ccccc5C)c5cccc6c5oc5c(C(C)(C)C)cccc56)ccc4cc3c12. The van der Waals surface area contributed by atoms with Gasteiger partial charge in [0.25, 0.3) is 0 Å². The van der Waals surface area contributed by atoms with Crippen LogP contribution in [-0.2, 0) is 10.8 Å². The van der Waals surface area contributed by atoms with Crippen LogP contribution in [0.25, 0.3) is 114 Å². The Morgan fingerprint density at radius 3 is 1.27 bits per heavy atom. The van der Waals surface area contributed by atoms with Crippen LogP contribution in [0.1, 0.15) is 63.8 Å². The molecule has 0 aliphatic carbocycles. The van der Waals surface area contributed by atoms with Gasteiger partial charge in [-0.1, -0.05) is 151 Å². The summed E-state index contributed by atoms with van der Waals surface area (Å²) in [5.41, 5.74) is 17.0. The van der Waals surface area contributed by atoms with Crippen LogP contribution in [0.5, 0.6) is 0 Å². The van der Waals surface area contributed by atoms with Gasteiger partial charge in [0.2, 0.25) is 0 Å². The standard InChI is InChI=1S/C73H55N3O4/c1-41-18-10-12-26-59(41)75(61-28-16-22-51-49-20-14-24-56(72(3,4)5)66(49)79-68(51)61)47-32-30-43-36-53-54-40-58(74-9)65-55-37-44-31-33-48(35-46(44)39-64(55)78-71(65)70(54)77-63(53)38-45(43)34-47)76(60-27-13-11-19-42(60)2)62-29-17-23-52-50-21-15-25-57(73(6,7)8)67(50)80-69(52)62/h10-40H,1-8H3. The van der Waals surface area contributed by atoms with E-state index in [0.29, 0.717) is 28.0 Å². The van der Waals surface area contributed by atoms with Crippen molar-refractivity contribution in [2.75, 3.05) is 9.80 Å². The third-order valence-electron chi connectivity index (χ3n) is 16.5. The molecular formula is C73H55N3O4. The van der Waals surface area contributed by atoms with Gasteiger partial charge in [-0.05, 0) is 136 Å². The molecule has 11 aromatic carbocycles. The van der Waals surface area contributed by atoms with E-state index in [1.165, 1.54) is 11.1 Å². The molecule has 7 nitrogen and oxygen atoms in total. The number of fused-ring (bicyclic) bond motifs is 15. The summed E-state index contributed by atoms with van der Waals surface area (Å²) in [7, 11) is 0. The smallest absolute Gasteiger partial charge is 0.199 e. The fraction of sp³-hybridized carbons (Fsp3) is 0.137. The highest BCUT2D eigenvalue weighted by atomic mass is 16.4. The quantitative estimate of drug-likeness (QED) is 0.155. The molecule has 4 aromatic heterocycles. The Morgan fingerprint density at radius 1 is 0.350 bits per heavy atom. The molecule has 0 atom stereocenters. The zero-order chi connectivity index (χ0) is 54.5. The lowest BCUT2D eigenvalue weighted by Gasteiger charge is -2.27. The zero-order valence-electron chi connectivity index (χ0n) is 45.9. The molecule has 0 spiro atoms. The average Bonchev–Trinajstić information content (AvgIpc) is 4.15. The predicted molar refractivity (Wildman–Crippen MR) is 333 cm³/mol. The molecule has 0 amide bonds. The van der Waals surface area contributed by atoms with Crippen molar-refractivity contribution in [3.05, 3.63) is 222 Å². The van der Waals surface area contributed by atoms with Crippen molar-refractivity contribution < 1.29 is 17.7 Å². The summed E-state index contributed by atoms with van der Waals surface area (Å²) in [6.45, 7) is 26.2. The Kier molecular flexibility index (Phi) is 10.1. The van der Waals surface area contributed by atoms with Gasteiger partial charge in [0, 0.05) is 77.0 Å². The minimum atomic E-state index is -0.105. The van der Waals surface area contributed by atoms with Crippen molar-refractivity contribution in [2.24, 2.45) is 0 Å². The highest BCUT2D eigenvalue weighted by Gasteiger charge is 2.28. The molecule has 0 fully saturated rings. The van der Waals surface area contributed by atoms with Gasteiger partial charge in [0.05, 0.1) is 17.9 Å². The van der Waals surface area contributed by atoms with E-state index in [4.69, 9.17) is 24.2 Å². The number of aryl methyl sites for hydroxylation is 2. The maximum atomic E-state index is 8.53. The largest absolute Gasteiger partial charge is 0.454 e. The summed E-state index contributed by atoms with van der Waals surface area (Å²) >= 11 is 0. The van der Waals surface area contributed by atoms with Crippen LogP contribution in [0.4, 0.5) is 39.8 Å². The van der Waals surface area contributed by atoms with Crippen molar-refractivity contribution in [3.63, 3.8) is 0 Å². The summed E-state index contributed by atoms with van der Waals surface area (Å²) in [6.07, 6.45) is 0. The molecule has 386 valence electrons. The van der Waals surface area contributed by atoms with E-state index >= 15 is 0 Å². The van der Waals surface area contributed by atoms with Crippen molar-refractivity contribution in [3.8, 4) is 0 Å². The number of hydrogen-bond donors (Lipinski definition) is 0. The fourth-order valence-corrected chi connectivity index (χ4v) is 12.6. The third kappa shape index (κ3) is 7.11. The average molecular weight is 1040 g/mol. The van der Waals surface area contributed by atoms with E-state index < -0.39 is 0 Å². The number of hydrogen-bond acceptors (Lipinski definition) is 6. The first-order valence-electron chi connectivity index (χ1n) is 27.4. The van der Waals surface area contributed by atoms with Gasteiger partial charge < -0.3 is 27.5 Å². The molecule has 0 unspecified atom stereocenters. The summed E-state index contributed by atoms with van der Waals surface area (Å²) < 4.78 is 27.8. The highest BCUT2D eigenvalue weighted by Crippen LogP contribution is 2.50. The van der Waals surface area contributed by atoms with Gasteiger partial charge in [-0.25, -0.2) is 4.85 Å². The number of rotatable bonds is 6. The van der Waals surface area contributed by atoms with E-state index in [0.717, 1.165) is 132 Å². The fourth-order valence-electron chi connectivity index (χ4n) is 12.6. The van der Waals surface area contributed by atoms with Crippen LogP contribution < -0.4 is 9.80 Å². The van der Waals surface area contributed by atoms with Crippen LogP contribution in [0, 0.1) is 20.4 Å². The van der Waals surface area contributed by atoms with E-state index in [9.17, 15) is 0 Å².